The van der Waals surface area contributed by atoms with Gasteiger partial charge in [-0.15, -0.1) is 0 Å². The Morgan fingerprint density at radius 1 is 1.19 bits per heavy atom. The lowest BCUT2D eigenvalue weighted by atomic mass is 9.91. The standard InChI is InChI=1S/C17H22N2O2/c1-19-15(20)11-12-7-5-6-10-14(12)16(19)17(21)18-13-8-3-2-4-9-13/h5-7,10,13,16H,2-4,8-9,11H2,1H3,(H,18,21)/t16-/m1/s1. The van der Waals surface area contributed by atoms with Gasteiger partial charge in [-0.25, -0.2) is 0 Å². The molecule has 1 atom stereocenters. The van der Waals surface area contributed by atoms with Crippen LogP contribution >= 0.6 is 0 Å². The van der Waals surface area contributed by atoms with Gasteiger partial charge in [-0.05, 0) is 24.0 Å². The van der Waals surface area contributed by atoms with Gasteiger partial charge in [0.05, 0.1) is 6.42 Å². The van der Waals surface area contributed by atoms with Crippen LogP contribution in [0.15, 0.2) is 24.3 Å². The van der Waals surface area contributed by atoms with Crippen LogP contribution in [-0.2, 0) is 16.0 Å². The lowest BCUT2D eigenvalue weighted by Gasteiger charge is -2.35. The Hall–Kier alpha value is -1.84. The zero-order valence-electron chi connectivity index (χ0n) is 12.5. The summed E-state index contributed by atoms with van der Waals surface area (Å²) in [4.78, 5) is 26.4. The van der Waals surface area contributed by atoms with E-state index >= 15 is 0 Å². The smallest absolute Gasteiger partial charge is 0.247 e. The van der Waals surface area contributed by atoms with Crippen molar-refractivity contribution in [3.63, 3.8) is 0 Å². The number of benzene rings is 1. The van der Waals surface area contributed by atoms with Gasteiger partial charge in [-0.3, -0.25) is 9.59 Å². The number of rotatable bonds is 2. The summed E-state index contributed by atoms with van der Waals surface area (Å²) in [6, 6.07) is 7.55. The first-order valence-corrected chi connectivity index (χ1v) is 7.80. The average Bonchev–Trinajstić information content (AvgIpc) is 2.49. The number of hydrogen-bond donors (Lipinski definition) is 1. The molecule has 0 unspecified atom stereocenters. The number of likely N-dealkylation sites (N-methyl/N-ethyl adjacent to an activating group) is 1. The minimum absolute atomic E-state index is 0.0116. The predicted molar refractivity (Wildman–Crippen MR) is 80.7 cm³/mol. The second-order valence-electron chi connectivity index (χ2n) is 6.13. The molecule has 1 N–H and O–H groups in total. The molecule has 21 heavy (non-hydrogen) atoms. The number of hydrogen-bond acceptors (Lipinski definition) is 2. The van der Waals surface area contributed by atoms with E-state index in [2.05, 4.69) is 5.32 Å². The molecule has 4 heteroatoms. The molecule has 1 aliphatic heterocycles. The zero-order valence-corrected chi connectivity index (χ0v) is 12.5. The van der Waals surface area contributed by atoms with Crippen LogP contribution in [0.1, 0.15) is 49.3 Å². The van der Waals surface area contributed by atoms with Crippen molar-refractivity contribution >= 4 is 11.8 Å². The van der Waals surface area contributed by atoms with Crippen molar-refractivity contribution < 1.29 is 9.59 Å². The van der Waals surface area contributed by atoms with Crippen molar-refractivity contribution in [1.29, 1.82) is 0 Å². The first-order chi connectivity index (χ1) is 10.2. The van der Waals surface area contributed by atoms with Crippen molar-refractivity contribution in [2.75, 3.05) is 7.05 Å². The molecule has 1 saturated carbocycles. The topological polar surface area (TPSA) is 49.4 Å². The average molecular weight is 286 g/mol. The van der Waals surface area contributed by atoms with Gasteiger partial charge in [0, 0.05) is 13.1 Å². The molecule has 1 fully saturated rings. The van der Waals surface area contributed by atoms with Crippen molar-refractivity contribution in [2.24, 2.45) is 0 Å². The molecule has 4 nitrogen and oxygen atoms in total. The van der Waals surface area contributed by atoms with Crippen LogP contribution in [0.5, 0.6) is 0 Å². The molecule has 3 rings (SSSR count). The first kappa shape index (κ1) is 14.1. The Morgan fingerprint density at radius 3 is 2.67 bits per heavy atom. The molecule has 112 valence electrons. The number of carbonyl (C=O) groups excluding carboxylic acids is 2. The largest absolute Gasteiger partial charge is 0.351 e. The maximum atomic E-state index is 12.7. The number of amides is 2. The molecule has 0 spiro atoms. The molecule has 1 aromatic rings. The summed E-state index contributed by atoms with van der Waals surface area (Å²) in [5, 5.41) is 3.15. The van der Waals surface area contributed by atoms with Gasteiger partial charge in [0.25, 0.3) is 0 Å². The Kier molecular flexibility index (Phi) is 3.95. The maximum absolute atomic E-state index is 12.7. The van der Waals surface area contributed by atoms with E-state index in [9.17, 15) is 9.59 Å². The molecular formula is C17H22N2O2. The predicted octanol–water partition coefficient (Wildman–Crippen LogP) is 2.19. The summed E-state index contributed by atoms with van der Waals surface area (Å²) >= 11 is 0. The SMILES string of the molecule is CN1C(=O)Cc2ccccc2[C@@H]1C(=O)NC1CCCCC1. The van der Waals surface area contributed by atoms with E-state index in [-0.39, 0.29) is 17.9 Å². The summed E-state index contributed by atoms with van der Waals surface area (Å²) in [6.45, 7) is 0. The summed E-state index contributed by atoms with van der Waals surface area (Å²) in [6.07, 6.45) is 6.12. The second kappa shape index (κ2) is 5.88. The first-order valence-electron chi connectivity index (χ1n) is 7.80. The third kappa shape index (κ3) is 2.80. The zero-order chi connectivity index (χ0) is 14.8. The molecule has 0 saturated heterocycles. The monoisotopic (exact) mass is 286 g/mol. The highest BCUT2D eigenvalue weighted by Crippen LogP contribution is 2.30. The maximum Gasteiger partial charge on any atom is 0.247 e. The molecule has 0 bridgehead atoms. The Morgan fingerprint density at radius 2 is 1.90 bits per heavy atom. The fourth-order valence-electron chi connectivity index (χ4n) is 3.45. The van der Waals surface area contributed by atoms with E-state index in [1.165, 1.54) is 19.3 Å². The molecule has 1 aromatic carbocycles. The summed E-state index contributed by atoms with van der Waals surface area (Å²) in [7, 11) is 1.73. The summed E-state index contributed by atoms with van der Waals surface area (Å²) in [5.41, 5.74) is 1.94. The van der Waals surface area contributed by atoms with Gasteiger partial charge in [-0.2, -0.15) is 0 Å². The molecule has 2 amide bonds. The van der Waals surface area contributed by atoms with Crippen molar-refractivity contribution in [2.45, 2.75) is 50.6 Å². The van der Waals surface area contributed by atoms with E-state index in [0.717, 1.165) is 24.0 Å². The summed E-state index contributed by atoms with van der Waals surface area (Å²) < 4.78 is 0. The fourth-order valence-corrected chi connectivity index (χ4v) is 3.45. The molecule has 0 aromatic heterocycles. The van der Waals surface area contributed by atoms with Gasteiger partial charge in [0.1, 0.15) is 6.04 Å². The van der Waals surface area contributed by atoms with Crippen molar-refractivity contribution in [3.05, 3.63) is 35.4 Å². The quantitative estimate of drug-likeness (QED) is 0.906. The van der Waals surface area contributed by atoms with Crippen molar-refractivity contribution in [3.8, 4) is 0 Å². The van der Waals surface area contributed by atoms with Crippen LogP contribution in [0.3, 0.4) is 0 Å². The van der Waals surface area contributed by atoms with Crippen LogP contribution in [0.2, 0.25) is 0 Å². The third-order valence-electron chi connectivity index (χ3n) is 4.67. The normalized spacial score (nSPS) is 22.8. The number of carbonyl (C=O) groups is 2. The molecule has 1 aliphatic carbocycles. The van der Waals surface area contributed by atoms with Gasteiger partial charge in [0.2, 0.25) is 11.8 Å². The van der Waals surface area contributed by atoms with Gasteiger partial charge in [-0.1, -0.05) is 43.5 Å². The Bertz CT molecular complexity index is 549. The number of nitrogens with one attached hydrogen (secondary N) is 1. The minimum Gasteiger partial charge on any atom is -0.351 e. The van der Waals surface area contributed by atoms with Gasteiger partial charge < -0.3 is 10.2 Å². The van der Waals surface area contributed by atoms with E-state index in [1.807, 2.05) is 24.3 Å². The molecule has 1 heterocycles. The highest BCUT2D eigenvalue weighted by atomic mass is 16.2. The lowest BCUT2D eigenvalue weighted by Crippen LogP contribution is -2.48. The van der Waals surface area contributed by atoms with Crippen molar-refractivity contribution in [1.82, 2.24) is 10.2 Å². The number of fused-ring (bicyclic) bond motifs is 1. The van der Waals surface area contributed by atoms with Crippen LogP contribution in [0.4, 0.5) is 0 Å². The Balaban J connectivity index is 1.82. The van der Waals surface area contributed by atoms with E-state index in [0.29, 0.717) is 6.42 Å². The molecule has 2 aliphatic rings. The van der Waals surface area contributed by atoms with Crippen LogP contribution in [0, 0.1) is 0 Å². The van der Waals surface area contributed by atoms with Crippen LogP contribution < -0.4 is 5.32 Å². The van der Waals surface area contributed by atoms with Gasteiger partial charge >= 0.3 is 0 Å². The highest BCUT2D eigenvalue weighted by Gasteiger charge is 2.35. The summed E-state index contributed by atoms with van der Waals surface area (Å²) in [5.74, 6) is -0.0256. The van der Waals surface area contributed by atoms with E-state index < -0.39 is 6.04 Å². The minimum atomic E-state index is -0.482. The van der Waals surface area contributed by atoms with Gasteiger partial charge in [0.15, 0.2) is 0 Å². The number of nitrogens with zero attached hydrogens (tertiary/aromatic N) is 1. The second-order valence-corrected chi connectivity index (χ2v) is 6.13. The van der Waals surface area contributed by atoms with Crippen LogP contribution in [-0.4, -0.2) is 29.8 Å². The third-order valence-corrected chi connectivity index (χ3v) is 4.67. The lowest BCUT2D eigenvalue weighted by molar-refractivity contribution is -0.140. The fraction of sp³-hybridized carbons (Fsp3) is 0.529. The van der Waals surface area contributed by atoms with E-state index in [1.54, 1.807) is 11.9 Å². The highest BCUT2D eigenvalue weighted by molar-refractivity contribution is 5.92. The molecule has 0 radical (unpaired) electrons. The van der Waals surface area contributed by atoms with E-state index in [4.69, 9.17) is 0 Å². The molecular weight excluding hydrogens is 264 g/mol. The van der Waals surface area contributed by atoms with Crippen LogP contribution in [0.25, 0.3) is 0 Å². The Labute approximate surface area is 125 Å².